The van der Waals surface area contributed by atoms with E-state index in [0.29, 0.717) is 9.52 Å². The van der Waals surface area contributed by atoms with Gasteiger partial charge in [-0.25, -0.2) is 4.98 Å². The van der Waals surface area contributed by atoms with Crippen LogP contribution in [0.1, 0.15) is 6.92 Å². The van der Waals surface area contributed by atoms with Crippen molar-refractivity contribution in [1.82, 2.24) is 4.98 Å². The molecule has 0 N–H and O–H groups in total. The molecular formula is C10H7NOSi. The van der Waals surface area contributed by atoms with Gasteiger partial charge in [-0.1, -0.05) is 12.1 Å². The maximum Gasteiger partial charge on any atom is 0.263 e. The third-order valence-electron chi connectivity index (χ3n) is 1.59. The second-order valence-corrected chi connectivity index (χ2v) is 3.41. The van der Waals surface area contributed by atoms with Gasteiger partial charge >= 0.3 is 0 Å². The van der Waals surface area contributed by atoms with Gasteiger partial charge in [0.25, 0.3) is 9.52 Å². The van der Waals surface area contributed by atoms with Crippen molar-refractivity contribution in [3.8, 4) is 11.5 Å². The van der Waals surface area contributed by atoms with Gasteiger partial charge in [-0.2, -0.15) is 0 Å². The Bertz CT molecular complexity index is 445. The normalized spacial score (nSPS) is 9.62. The van der Waals surface area contributed by atoms with Crippen molar-refractivity contribution in [1.29, 1.82) is 0 Å². The highest BCUT2D eigenvalue weighted by Crippen LogP contribution is 2.08. The first kappa shape index (κ1) is 8.08. The van der Waals surface area contributed by atoms with Gasteiger partial charge in [0.1, 0.15) is 5.52 Å². The maximum atomic E-state index is 5.47. The van der Waals surface area contributed by atoms with Gasteiger partial charge in [0.15, 0.2) is 11.1 Å². The number of hydrogen-bond donors (Lipinski definition) is 0. The van der Waals surface area contributed by atoms with E-state index in [9.17, 15) is 0 Å². The molecule has 0 fully saturated rings. The van der Waals surface area contributed by atoms with Gasteiger partial charge in [0, 0.05) is 0 Å². The minimum absolute atomic E-state index is 0.349. The predicted octanol–water partition coefficient (Wildman–Crippen LogP) is 1.14. The molecule has 3 heteroatoms. The molecular weight excluding hydrogens is 178 g/mol. The van der Waals surface area contributed by atoms with Crippen molar-refractivity contribution in [3.63, 3.8) is 0 Å². The van der Waals surface area contributed by atoms with Crippen molar-refractivity contribution in [2.75, 3.05) is 0 Å². The van der Waals surface area contributed by atoms with E-state index < -0.39 is 0 Å². The second kappa shape index (κ2) is 3.46. The molecule has 2 rings (SSSR count). The van der Waals surface area contributed by atoms with Crippen LogP contribution in [0.2, 0.25) is 0 Å². The summed E-state index contributed by atoms with van der Waals surface area (Å²) in [5.74, 6) is 2.82. The third-order valence-corrected chi connectivity index (χ3v) is 2.39. The van der Waals surface area contributed by atoms with Crippen molar-refractivity contribution < 1.29 is 4.42 Å². The smallest absolute Gasteiger partial charge is 0.263 e. The molecule has 1 aromatic heterocycles. The summed E-state index contributed by atoms with van der Waals surface area (Å²) in [6.07, 6.45) is 0. The molecule has 2 nitrogen and oxygen atoms in total. The van der Waals surface area contributed by atoms with Gasteiger partial charge in [-0.05, 0) is 19.1 Å². The Hall–Kier alpha value is -1.53. The van der Waals surface area contributed by atoms with Crippen molar-refractivity contribution in [2.24, 2.45) is 0 Å². The van der Waals surface area contributed by atoms with E-state index in [1.807, 2.05) is 31.2 Å². The Morgan fingerprint density at radius 2 is 2.23 bits per heavy atom. The number of nitrogens with zero attached hydrogens (tertiary/aromatic N) is 1. The van der Waals surface area contributed by atoms with Crippen LogP contribution in [0.5, 0.6) is 0 Å². The number of para-hydroxylation sites is 2. The molecule has 0 saturated heterocycles. The summed E-state index contributed by atoms with van der Waals surface area (Å²) in [6.45, 7) is 1.82. The fourth-order valence-electron chi connectivity index (χ4n) is 1.04. The Balaban J connectivity index is 2.42. The molecule has 2 radical (unpaired) electrons. The van der Waals surface area contributed by atoms with Crippen LogP contribution in [-0.2, 0) is 0 Å². The maximum absolute atomic E-state index is 5.47. The summed E-state index contributed by atoms with van der Waals surface area (Å²) in [5, 5.41) is 0. The summed E-state index contributed by atoms with van der Waals surface area (Å²) in [4.78, 5) is 4.29. The molecule has 0 amide bonds. The zero-order chi connectivity index (χ0) is 9.10. The van der Waals surface area contributed by atoms with Gasteiger partial charge in [-0.3, -0.25) is 0 Å². The minimum Gasteiger partial charge on any atom is -0.445 e. The zero-order valence-electron chi connectivity index (χ0n) is 7.16. The lowest BCUT2D eigenvalue weighted by Gasteiger charge is -1.80. The highest BCUT2D eigenvalue weighted by atomic mass is 28.2. The second-order valence-electron chi connectivity index (χ2n) is 2.49. The van der Waals surface area contributed by atoms with Crippen LogP contribution in [0.25, 0.3) is 11.1 Å². The minimum atomic E-state index is 0.349. The van der Waals surface area contributed by atoms with Crippen molar-refractivity contribution in [2.45, 2.75) is 6.92 Å². The van der Waals surface area contributed by atoms with E-state index in [1.165, 1.54) is 0 Å². The van der Waals surface area contributed by atoms with E-state index in [4.69, 9.17) is 4.42 Å². The average Bonchev–Trinajstić information content (AvgIpc) is 2.57. The van der Waals surface area contributed by atoms with Crippen molar-refractivity contribution >= 4 is 26.1 Å². The number of fused-ring (bicyclic) bond motifs is 1. The lowest BCUT2D eigenvalue weighted by Crippen LogP contribution is -2.12. The monoisotopic (exact) mass is 185 g/mol. The van der Waals surface area contributed by atoms with Gasteiger partial charge < -0.3 is 4.42 Å². The topological polar surface area (TPSA) is 26.0 Å². The first-order valence-corrected chi connectivity index (χ1v) is 4.93. The quantitative estimate of drug-likeness (QED) is 0.492. The molecule has 1 heterocycles. The Kier molecular flexibility index (Phi) is 2.15. The van der Waals surface area contributed by atoms with Crippen LogP contribution >= 0.6 is 0 Å². The van der Waals surface area contributed by atoms with E-state index >= 15 is 0 Å². The van der Waals surface area contributed by atoms with E-state index in [0.717, 1.165) is 16.6 Å². The number of oxazole rings is 1. The molecule has 0 aliphatic carbocycles. The standard InChI is InChI=1S/C10H7NOSi/c1-2-7-13-10-11-8-5-3-4-6-9(8)12-10/h3-6H,1H3. The lowest BCUT2D eigenvalue weighted by atomic mass is 10.3. The van der Waals surface area contributed by atoms with Crippen LogP contribution in [0.4, 0.5) is 0 Å². The summed E-state index contributed by atoms with van der Waals surface area (Å²) in [7, 11) is 0.349. The van der Waals surface area contributed by atoms with Crippen LogP contribution in [0.3, 0.4) is 0 Å². The first-order valence-electron chi connectivity index (χ1n) is 3.93. The Morgan fingerprint density at radius 1 is 1.38 bits per heavy atom. The number of aromatic nitrogens is 1. The molecule has 62 valence electrons. The van der Waals surface area contributed by atoms with Crippen molar-refractivity contribution in [3.05, 3.63) is 24.3 Å². The van der Waals surface area contributed by atoms with Gasteiger partial charge in [0.05, 0.1) is 0 Å². The number of rotatable bonds is 1. The number of hydrogen-bond acceptors (Lipinski definition) is 2. The first-order chi connectivity index (χ1) is 6.40. The molecule has 1 aromatic carbocycles. The van der Waals surface area contributed by atoms with Crippen LogP contribution in [0, 0.1) is 11.5 Å². The highest BCUT2D eigenvalue weighted by molar-refractivity contribution is 6.59. The fourth-order valence-corrected chi connectivity index (χ4v) is 1.61. The highest BCUT2D eigenvalue weighted by Gasteiger charge is 2.03. The Labute approximate surface area is 78.8 Å². The van der Waals surface area contributed by atoms with Gasteiger partial charge in [-0.15, -0.1) is 11.5 Å². The van der Waals surface area contributed by atoms with E-state index in [-0.39, 0.29) is 0 Å². The summed E-state index contributed by atoms with van der Waals surface area (Å²) >= 11 is 0. The molecule has 0 bridgehead atoms. The molecule has 0 aliphatic heterocycles. The van der Waals surface area contributed by atoms with Crippen LogP contribution in [0.15, 0.2) is 28.7 Å². The number of benzene rings is 1. The molecule has 2 aromatic rings. The van der Waals surface area contributed by atoms with E-state index in [1.54, 1.807) is 0 Å². The third kappa shape index (κ3) is 1.63. The Morgan fingerprint density at radius 3 is 3.00 bits per heavy atom. The molecule has 0 unspecified atom stereocenters. The molecule has 0 saturated carbocycles. The summed E-state index contributed by atoms with van der Waals surface area (Å²) < 4.78 is 5.47. The zero-order valence-corrected chi connectivity index (χ0v) is 8.16. The molecule has 13 heavy (non-hydrogen) atoms. The SMILES string of the molecule is CC#C[Si]c1nc2ccccc2o1. The molecule has 0 aliphatic rings. The lowest BCUT2D eigenvalue weighted by molar-refractivity contribution is 0.643. The summed E-state index contributed by atoms with van der Waals surface area (Å²) in [5.41, 5.74) is 5.41. The average molecular weight is 185 g/mol. The largest absolute Gasteiger partial charge is 0.445 e. The van der Waals surface area contributed by atoms with Gasteiger partial charge in [0.2, 0.25) is 0 Å². The fraction of sp³-hybridized carbons (Fsp3) is 0.100. The van der Waals surface area contributed by atoms with Crippen LogP contribution in [-0.4, -0.2) is 14.5 Å². The summed E-state index contributed by atoms with van der Waals surface area (Å²) in [6, 6.07) is 7.73. The van der Waals surface area contributed by atoms with E-state index in [2.05, 4.69) is 16.4 Å². The van der Waals surface area contributed by atoms with Crippen LogP contribution < -0.4 is 5.51 Å². The molecule has 0 atom stereocenters. The predicted molar refractivity (Wildman–Crippen MR) is 52.8 cm³/mol. The molecule has 0 spiro atoms.